The maximum absolute atomic E-state index is 5.50. The number of aromatic nitrogens is 2. The van der Waals surface area contributed by atoms with Crippen LogP contribution in [-0.4, -0.2) is 29.7 Å². The molecular formula is C10H16N4O. The van der Waals surface area contributed by atoms with Gasteiger partial charge in [0, 0.05) is 19.8 Å². The average Bonchev–Trinajstić information content (AvgIpc) is 2.30. The summed E-state index contributed by atoms with van der Waals surface area (Å²) >= 11 is 0. The molecule has 82 valence electrons. The minimum Gasteiger partial charge on any atom is -0.396 e. The van der Waals surface area contributed by atoms with Crippen LogP contribution < -0.4 is 11.1 Å². The van der Waals surface area contributed by atoms with Crippen molar-refractivity contribution in [1.82, 2.24) is 9.97 Å². The molecule has 2 heterocycles. The number of rotatable bonds is 3. The monoisotopic (exact) mass is 208 g/mol. The maximum atomic E-state index is 5.50. The molecule has 0 amide bonds. The highest BCUT2D eigenvalue weighted by Crippen LogP contribution is 2.14. The van der Waals surface area contributed by atoms with Crippen molar-refractivity contribution in [2.24, 2.45) is 5.92 Å². The van der Waals surface area contributed by atoms with E-state index in [9.17, 15) is 0 Å². The van der Waals surface area contributed by atoms with Crippen LogP contribution in [-0.2, 0) is 4.74 Å². The Bertz CT molecular complexity index is 295. The summed E-state index contributed by atoms with van der Waals surface area (Å²) in [4.78, 5) is 8.17. The van der Waals surface area contributed by atoms with E-state index >= 15 is 0 Å². The molecule has 0 radical (unpaired) electrons. The van der Waals surface area contributed by atoms with Crippen LogP contribution in [0.15, 0.2) is 12.4 Å². The van der Waals surface area contributed by atoms with Crippen molar-refractivity contribution >= 4 is 11.6 Å². The normalized spacial score (nSPS) is 17.6. The molecule has 5 nitrogen and oxygen atoms in total. The van der Waals surface area contributed by atoms with Crippen molar-refractivity contribution in [2.45, 2.75) is 12.8 Å². The molecule has 1 fully saturated rings. The van der Waals surface area contributed by atoms with Crippen molar-refractivity contribution in [3.05, 3.63) is 12.4 Å². The van der Waals surface area contributed by atoms with E-state index in [1.165, 1.54) is 0 Å². The van der Waals surface area contributed by atoms with Gasteiger partial charge in [0.25, 0.3) is 0 Å². The summed E-state index contributed by atoms with van der Waals surface area (Å²) in [5, 5.41) is 3.21. The van der Waals surface area contributed by atoms with Gasteiger partial charge in [-0.15, -0.1) is 0 Å². The number of nitrogens with zero attached hydrogens (tertiary/aromatic N) is 2. The molecule has 1 aliphatic heterocycles. The van der Waals surface area contributed by atoms with Crippen molar-refractivity contribution in [2.75, 3.05) is 30.8 Å². The minimum atomic E-state index is 0.589. The lowest BCUT2D eigenvalue weighted by atomic mass is 10.0. The van der Waals surface area contributed by atoms with Gasteiger partial charge in [0.1, 0.15) is 0 Å². The molecule has 0 atom stereocenters. The van der Waals surface area contributed by atoms with Crippen LogP contribution in [0.2, 0.25) is 0 Å². The van der Waals surface area contributed by atoms with E-state index in [1.807, 2.05) is 0 Å². The lowest BCUT2D eigenvalue weighted by Crippen LogP contribution is -2.23. The van der Waals surface area contributed by atoms with E-state index in [2.05, 4.69) is 15.3 Å². The highest BCUT2D eigenvalue weighted by Gasteiger charge is 2.13. The van der Waals surface area contributed by atoms with E-state index in [0.29, 0.717) is 17.6 Å². The number of hydrogen-bond acceptors (Lipinski definition) is 5. The zero-order valence-corrected chi connectivity index (χ0v) is 8.65. The molecule has 3 N–H and O–H groups in total. The highest BCUT2D eigenvalue weighted by molar-refractivity contribution is 5.35. The second kappa shape index (κ2) is 4.93. The third kappa shape index (κ3) is 3.06. The summed E-state index contributed by atoms with van der Waals surface area (Å²) in [5.41, 5.74) is 6.09. The number of anilines is 2. The van der Waals surface area contributed by atoms with Gasteiger partial charge < -0.3 is 15.8 Å². The number of ether oxygens (including phenoxy) is 1. The molecule has 0 aliphatic carbocycles. The van der Waals surface area contributed by atoms with Crippen LogP contribution >= 0.6 is 0 Å². The molecule has 5 heteroatoms. The van der Waals surface area contributed by atoms with Crippen molar-refractivity contribution < 1.29 is 4.74 Å². The van der Waals surface area contributed by atoms with Crippen LogP contribution in [0.5, 0.6) is 0 Å². The maximum Gasteiger partial charge on any atom is 0.222 e. The molecule has 0 bridgehead atoms. The first-order chi connectivity index (χ1) is 7.34. The Morgan fingerprint density at radius 1 is 1.33 bits per heavy atom. The van der Waals surface area contributed by atoms with E-state index < -0.39 is 0 Å². The summed E-state index contributed by atoms with van der Waals surface area (Å²) in [6.45, 7) is 2.65. The quantitative estimate of drug-likeness (QED) is 0.772. The van der Waals surface area contributed by atoms with Gasteiger partial charge in [-0.3, -0.25) is 0 Å². The number of nitrogens with one attached hydrogen (secondary N) is 1. The topological polar surface area (TPSA) is 73.1 Å². The second-order valence-electron chi connectivity index (χ2n) is 3.78. The fourth-order valence-electron chi connectivity index (χ4n) is 1.62. The zero-order valence-electron chi connectivity index (χ0n) is 8.65. The predicted octanol–water partition coefficient (Wildman–Crippen LogP) is 0.897. The summed E-state index contributed by atoms with van der Waals surface area (Å²) in [6, 6.07) is 0. The van der Waals surface area contributed by atoms with Gasteiger partial charge in [0.2, 0.25) is 5.95 Å². The van der Waals surface area contributed by atoms with Gasteiger partial charge in [0.15, 0.2) is 0 Å². The standard InChI is InChI=1S/C10H16N4O/c11-9-6-13-10(14-7-9)12-5-8-1-3-15-4-2-8/h6-8H,1-5,11H2,(H,12,13,14). The van der Waals surface area contributed by atoms with E-state index in [4.69, 9.17) is 10.5 Å². The first-order valence-electron chi connectivity index (χ1n) is 5.24. The van der Waals surface area contributed by atoms with Gasteiger partial charge in [-0.1, -0.05) is 0 Å². The number of nitrogens with two attached hydrogens (primary N) is 1. The Morgan fingerprint density at radius 2 is 2.00 bits per heavy atom. The summed E-state index contributed by atoms with van der Waals surface area (Å²) in [5.74, 6) is 1.32. The summed E-state index contributed by atoms with van der Waals surface area (Å²) < 4.78 is 5.29. The number of nitrogen functional groups attached to an aromatic ring is 1. The van der Waals surface area contributed by atoms with Gasteiger partial charge in [0.05, 0.1) is 18.1 Å². The van der Waals surface area contributed by atoms with E-state index in [1.54, 1.807) is 12.4 Å². The molecule has 1 aliphatic rings. The Balaban J connectivity index is 1.79. The van der Waals surface area contributed by atoms with Gasteiger partial charge >= 0.3 is 0 Å². The fourth-order valence-corrected chi connectivity index (χ4v) is 1.62. The largest absolute Gasteiger partial charge is 0.396 e. The molecule has 0 spiro atoms. The molecule has 0 unspecified atom stereocenters. The second-order valence-corrected chi connectivity index (χ2v) is 3.78. The van der Waals surface area contributed by atoms with Gasteiger partial charge in [-0.05, 0) is 18.8 Å². The van der Waals surface area contributed by atoms with Crippen molar-refractivity contribution in [1.29, 1.82) is 0 Å². The molecule has 1 aromatic heterocycles. The molecular weight excluding hydrogens is 192 g/mol. The van der Waals surface area contributed by atoms with Gasteiger partial charge in [-0.25, -0.2) is 9.97 Å². The summed E-state index contributed by atoms with van der Waals surface area (Å²) in [7, 11) is 0. The fraction of sp³-hybridized carbons (Fsp3) is 0.600. The van der Waals surface area contributed by atoms with Crippen molar-refractivity contribution in [3.63, 3.8) is 0 Å². The van der Waals surface area contributed by atoms with Crippen LogP contribution in [0.4, 0.5) is 11.6 Å². The third-order valence-electron chi connectivity index (χ3n) is 2.56. The predicted molar refractivity (Wildman–Crippen MR) is 58.5 cm³/mol. The molecule has 0 aromatic carbocycles. The molecule has 2 rings (SSSR count). The van der Waals surface area contributed by atoms with Crippen LogP contribution in [0.1, 0.15) is 12.8 Å². The Morgan fingerprint density at radius 3 is 2.67 bits per heavy atom. The molecule has 0 saturated carbocycles. The van der Waals surface area contributed by atoms with Crippen LogP contribution in [0.25, 0.3) is 0 Å². The zero-order chi connectivity index (χ0) is 10.5. The third-order valence-corrected chi connectivity index (χ3v) is 2.56. The molecule has 15 heavy (non-hydrogen) atoms. The van der Waals surface area contributed by atoms with Crippen LogP contribution in [0, 0.1) is 5.92 Å². The Labute approximate surface area is 89.1 Å². The number of hydrogen-bond donors (Lipinski definition) is 2. The lowest BCUT2D eigenvalue weighted by Gasteiger charge is -2.21. The Hall–Kier alpha value is -1.36. The smallest absolute Gasteiger partial charge is 0.222 e. The SMILES string of the molecule is Nc1cnc(NCC2CCOCC2)nc1. The van der Waals surface area contributed by atoms with E-state index in [-0.39, 0.29) is 0 Å². The first-order valence-corrected chi connectivity index (χ1v) is 5.24. The lowest BCUT2D eigenvalue weighted by molar-refractivity contribution is 0.0699. The van der Waals surface area contributed by atoms with Gasteiger partial charge in [-0.2, -0.15) is 0 Å². The van der Waals surface area contributed by atoms with Crippen molar-refractivity contribution in [3.8, 4) is 0 Å². The average molecular weight is 208 g/mol. The summed E-state index contributed by atoms with van der Waals surface area (Å²) in [6.07, 6.45) is 5.45. The highest BCUT2D eigenvalue weighted by atomic mass is 16.5. The van der Waals surface area contributed by atoms with E-state index in [0.717, 1.165) is 32.6 Å². The Kier molecular flexibility index (Phi) is 3.34. The van der Waals surface area contributed by atoms with Crippen LogP contribution in [0.3, 0.4) is 0 Å². The minimum absolute atomic E-state index is 0.589. The molecule has 1 saturated heterocycles. The molecule has 1 aromatic rings. The first kappa shape index (κ1) is 10.2.